The minimum atomic E-state index is -0.472. The quantitative estimate of drug-likeness (QED) is 0.313. The number of nitrogens with zero attached hydrogens (tertiary/aromatic N) is 1. The molecule has 6 heterocycles. The zero-order valence-corrected chi connectivity index (χ0v) is 24.4. The predicted molar refractivity (Wildman–Crippen MR) is 162 cm³/mol. The fraction of sp³-hybridized carbons (Fsp3) is 0.286. The van der Waals surface area contributed by atoms with Crippen molar-refractivity contribution in [2.75, 3.05) is 19.7 Å². The zero-order chi connectivity index (χ0) is 29.9. The summed E-state index contributed by atoms with van der Waals surface area (Å²) in [4.78, 5) is 40.3. The highest BCUT2D eigenvalue weighted by Gasteiger charge is 2.34. The van der Waals surface area contributed by atoms with E-state index >= 15 is 0 Å². The highest BCUT2D eigenvalue weighted by Crippen LogP contribution is 2.39. The third-order valence-electron chi connectivity index (χ3n) is 8.04. The Balaban J connectivity index is 1.40. The van der Waals surface area contributed by atoms with Gasteiger partial charge in [0.25, 0.3) is 5.91 Å². The third-order valence-corrected chi connectivity index (χ3v) is 8.04. The van der Waals surface area contributed by atoms with Gasteiger partial charge in [-0.15, -0.1) is 0 Å². The van der Waals surface area contributed by atoms with E-state index in [-0.39, 0.29) is 11.8 Å². The molecule has 0 saturated heterocycles. The van der Waals surface area contributed by atoms with Gasteiger partial charge in [0.05, 0.1) is 18.2 Å². The lowest BCUT2D eigenvalue weighted by Crippen LogP contribution is -2.41. The maximum atomic E-state index is 14.1. The summed E-state index contributed by atoms with van der Waals surface area (Å²) >= 11 is 0. The van der Waals surface area contributed by atoms with Gasteiger partial charge in [-0.05, 0) is 97.3 Å². The van der Waals surface area contributed by atoms with Gasteiger partial charge in [0.2, 0.25) is 5.91 Å². The van der Waals surface area contributed by atoms with Crippen molar-refractivity contribution >= 4 is 11.8 Å². The Morgan fingerprint density at radius 1 is 0.884 bits per heavy atom. The fourth-order valence-electron chi connectivity index (χ4n) is 5.94. The van der Waals surface area contributed by atoms with Gasteiger partial charge < -0.3 is 24.1 Å². The summed E-state index contributed by atoms with van der Waals surface area (Å²) in [5, 5.41) is 2.97. The summed E-state index contributed by atoms with van der Waals surface area (Å²) < 4.78 is 17.6. The van der Waals surface area contributed by atoms with Crippen LogP contribution in [0, 0.1) is 13.8 Å². The van der Waals surface area contributed by atoms with Crippen LogP contribution in [0.25, 0.3) is 0 Å². The molecule has 1 N–H and O–H groups in total. The molecule has 2 amide bonds. The first-order chi connectivity index (χ1) is 20.9. The number of rotatable bonds is 1. The van der Waals surface area contributed by atoms with Gasteiger partial charge in [-0.1, -0.05) is 30.3 Å². The number of hydrogen-bond acceptors (Lipinski definition) is 6. The number of benzene rings is 3. The lowest BCUT2D eigenvalue weighted by atomic mass is 9.87. The molecule has 3 aromatic carbocycles. The van der Waals surface area contributed by atoms with Crippen molar-refractivity contribution in [1.29, 1.82) is 0 Å². The number of ether oxygens (including phenoxy) is 2. The molecule has 1 aromatic heterocycles. The van der Waals surface area contributed by atoms with E-state index < -0.39 is 11.7 Å². The van der Waals surface area contributed by atoms with Gasteiger partial charge >= 0.3 is 5.63 Å². The minimum Gasteiger partial charge on any atom is -0.494 e. The maximum absolute atomic E-state index is 14.1. The molecule has 1 unspecified atom stereocenters. The van der Waals surface area contributed by atoms with Crippen LogP contribution in [0.15, 0.2) is 82.0 Å². The smallest absolute Gasteiger partial charge is 0.336 e. The fourth-order valence-corrected chi connectivity index (χ4v) is 5.94. The van der Waals surface area contributed by atoms with E-state index in [1.54, 1.807) is 13.8 Å². The lowest BCUT2D eigenvalue weighted by Gasteiger charge is -2.38. The number of nitrogens with one attached hydrogen (secondary N) is 1. The van der Waals surface area contributed by atoms with Crippen molar-refractivity contribution in [2.24, 2.45) is 0 Å². The molecule has 8 bridgehead atoms. The minimum absolute atomic E-state index is 0.00903. The number of hydrogen-bond donors (Lipinski definition) is 1. The molecule has 5 aliphatic rings. The number of aryl methyl sites for hydroxylation is 3. The zero-order valence-electron chi connectivity index (χ0n) is 24.4. The highest BCUT2D eigenvalue weighted by molar-refractivity contribution is 5.97. The molecule has 5 aliphatic heterocycles. The Morgan fingerprint density at radius 2 is 1.70 bits per heavy atom. The largest absolute Gasteiger partial charge is 0.494 e. The van der Waals surface area contributed by atoms with Gasteiger partial charge in [-0.2, -0.15) is 0 Å². The standard InChI is InChI=1S/C35H34N2O6/c1-22-19-32(39)42-23(2)33(22)35(40)37-17-15-25-20-29-12-13-30(25)34(37)26-5-3-6-28(21-26)41-18-4-16-36-31(38)14-9-24-7-10-27(43-29)11-8-24/h3,5-8,10-13,19-21,34H,4,9,14-18H2,1-2H3,(H,36,38). The van der Waals surface area contributed by atoms with E-state index in [1.165, 1.54) is 6.07 Å². The van der Waals surface area contributed by atoms with E-state index in [2.05, 4.69) is 5.32 Å². The molecule has 8 heteroatoms. The Bertz CT molecular complexity index is 1700. The first-order valence-corrected chi connectivity index (χ1v) is 14.7. The monoisotopic (exact) mass is 578 g/mol. The molecule has 220 valence electrons. The van der Waals surface area contributed by atoms with Crippen molar-refractivity contribution in [3.8, 4) is 17.2 Å². The Labute approximate surface area is 250 Å². The predicted octanol–water partition coefficient (Wildman–Crippen LogP) is 5.67. The summed E-state index contributed by atoms with van der Waals surface area (Å²) in [7, 11) is 0. The molecule has 0 spiro atoms. The van der Waals surface area contributed by atoms with Crippen LogP contribution in [-0.2, 0) is 17.6 Å². The summed E-state index contributed by atoms with van der Waals surface area (Å²) in [6.07, 6.45) is 2.37. The SMILES string of the molecule is Cc1cc(=O)oc(C)c1C(=O)N1CCc2cc3ccc2C1c1cccc(c1)OCCCNC(=O)CCc1ccc(cc1)O3. The lowest BCUT2D eigenvalue weighted by molar-refractivity contribution is -0.121. The molecule has 9 rings (SSSR count). The highest BCUT2D eigenvalue weighted by atomic mass is 16.5. The molecule has 0 radical (unpaired) electrons. The van der Waals surface area contributed by atoms with Crippen LogP contribution in [0.1, 0.15) is 62.8 Å². The third kappa shape index (κ3) is 6.18. The van der Waals surface area contributed by atoms with Gasteiger partial charge in [0.15, 0.2) is 0 Å². The van der Waals surface area contributed by atoms with Crippen molar-refractivity contribution in [1.82, 2.24) is 10.2 Å². The summed E-state index contributed by atoms with van der Waals surface area (Å²) in [5.41, 5.74) is 4.59. The summed E-state index contributed by atoms with van der Waals surface area (Å²) in [5.74, 6) is 2.24. The van der Waals surface area contributed by atoms with Crippen LogP contribution in [0.3, 0.4) is 0 Å². The summed E-state index contributed by atoms with van der Waals surface area (Å²) in [6.45, 7) is 4.85. The van der Waals surface area contributed by atoms with Crippen molar-refractivity contribution in [3.63, 3.8) is 0 Å². The van der Waals surface area contributed by atoms with E-state index in [1.807, 2.05) is 71.6 Å². The van der Waals surface area contributed by atoms with E-state index in [9.17, 15) is 14.4 Å². The Kier molecular flexibility index (Phi) is 8.01. The van der Waals surface area contributed by atoms with E-state index in [0.29, 0.717) is 79.5 Å². The average Bonchev–Trinajstić information content (AvgIpc) is 2.99. The molecular formula is C35H34N2O6. The molecule has 0 aliphatic carbocycles. The number of amides is 2. The molecule has 1 atom stereocenters. The van der Waals surface area contributed by atoms with Crippen LogP contribution in [0.4, 0.5) is 0 Å². The van der Waals surface area contributed by atoms with E-state index in [0.717, 1.165) is 22.3 Å². The van der Waals surface area contributed by atoms with Crippen LogP contribution < -0.4 is 20.4 Å². The molecule has 4 aromatic rings. The van der Waals surface area contributed by atoms with Gasteiger partial charge in [-0.3, -0.25) is 9.59 Å². The van der Waals surface area contributed by atoms with Crippen molar-refractivity contribution in [2.45, 2.75) is 45.6 Å². The van der Waals surface area contributed by atoms with Crippen LogP contribution in [-0.4, -0.2) is 36.4 Å². The van der Waals surface area contributed by atoms with Crippen LogP contribution >= 0.6 is 0 Å². The second-order valence-electron chi connectivity index (χ2n) is 11.1. The topological polar surface area (TPSA) is 98.1 Å². The normalized spacial score (nSPS) is 16.9. The van der Waals surface area contributed by atoms with Crippen LogP contribution in [0.5, 0.6) is 17.2 Å². The van der Waals surface area contributed by atoms with Gasteiger partial charge in [-0.25, -0.2) is 4.79 Å². The van der Waals surface area contributed by atoms with Crippen molar-refractivity contribution < 1.29 is 23.5 Å². The first-order valence-electron chi connectivity index (χ1n) is 14.7. The van der Waals surface area contributed by atoms with Gasteiger partial charge in [0.1, 0.15) is 23.0 Å². The molecule has 0 saturated carbocycles. The molecule has 8 nitrogen and oxygen atoms in total. The summed E-state index contributed by atoms with van der Waals surface area (Å²) in [6, 6.07) is 22.6. The molecule has 0 fully saturated rings. The average molecular weight is 579 g/mol. The molecule has 43 heavy (non-hydrogen) atoms. The second kappa shape index (κ2) is 12.2. The van der Waals surface area contributed by atoms with Crippen molar-refractivity contribution in [3.05, 3.63) is 122 Å². The van der Waals surface area contributed by atoms with Crippen LogP contribution in [0.2, 0.25) is 0 Å². The number of carbonyl (C=O) groups is 2. The Morgan fingerprint density at radius 3 is 2.51 bits per heavy atom. The number of carbonyl (C=O) groups excluding carboxylic acids is 2. The maximum Gasteiger partial charge on any atom is 0.336 e. The van der Waals surface area contributed by atoms with E-state index in [4.69, 9.17) is 13.9 Å². The second-order valence-corrected chi connectivity index (χ2v) is 11.1. The van der Waals surface area contributed by atoms with Gasteiger partial charge in [0, 0.05) is 25.6 Å². The Hall–Kier alpha value is -4.85. The molecular weight excluding hydrogens is 544 g/mol. The first kappa shape index (κ1) is 28.3.